The standard InChI is InChI=1S/C10H23N.C2H3N/c1-2-3-4-5-6-7-8-9-10-11;1-2-3/h2-11H2,1H3;1H3. The van der Waals surface area contributed by atoms with Gasteiger partial charge >= 0.3 is 0 Å². The summed E-state index contributed by atoms with van der Waals surface area (Å²) in [5.41, 5.74) is 5.39. The first-order valence-electron chi connectivity index (χ1n) is 5.84. The summed E-state index contributed by atoms with van der Waals surface area (Å²) in [6.45, 7) is 4.56. The fourth-order valence-corrected chi connectivity index (χ4v) is 1.28. The Hall–Kier alpha value is -0.550. The second-order valence-corrected chi connectivity index (χ2v) is 3.49. The van der Waals surface area contributed by atoms with Gasteiger partial charge in [0.1, 0.15) is 0 Å². The van der Waals surface area contributed by atoms with E-state index in [0.717, 1.165) is 6.54 Å². The van der Waals surface area contributed by atoms with Gasteiger partial charge in [0.05, 0.1) is 6.07 Å². The van der Waals surface area contributed by atoms with Gasteiger partial charge in [-0.05, 0) is 13.0 Å². The molecule has 14 heavy (non-hydrogen) atoms. The molecule has 0 fully saturated rings. The average molecular weight is 198 g/mol. The summed E-state index contributed by atoms with van der Waals surface area (Å²) in [7, 11) is 0. The van der Waals surface area contributed by atoms with Crippen molar-refractivity contribution in [3.05, 3.63) is 0 Å². The highest BCUT2D eigenvalue weighted by molar-refractivity contribution is 4.51. The predicted octanol–water partition coefficient (Wildman–Crippen LogP) is 3.62. The lowest BCUT2D eigenvalue weighted by Crippen LogP contribution is -1.97. The van der Waals surface area contributed by atoms with Crippen LogP contribution in [0.15, 0.2) is 0 Å². The summed E-state index contributed by atoms with van der Waals surface area (Å²) in [5, 5.41) is 7.32. The molecule has 0 spiro atoms. The molecule has 0 amide bonds. The second-order valence-electron chi connectivity index (χ2n) is 3.49. The highest BCUT2D eigenvalue weighted by Crippen LogP contribution is 2.07. The molecule has 2 N–H and O–H groups in total. The van der Waals surface area contributed by atoms with Crippen LogP contribution in [0, 0.1) is 11.3 Å². The van der Waals surface area contributed by atoms with Crippen molar-refractivity contribution in [3.8, 4) is 6.07 Å². The fraction of sp³-hybridized carbons (Fsp3) is 0.917. The van der Waals surface area contributed by atoms with E-state index < -0.39 is 0 Å². The zero-order valence-electron chi connectivity index (χ0n) is 9.89. The zero-order chi connectivity index (χ0) is 11.1. The van der Waals surface area contributed by atoms with Gasteiger partial charge in [-0.3, -0.25) is 0 Å². The number of unbranched alkanes of at least 4 members (excludes halogenated alkanes) is 7. The number of rotatable bonds is 8. The number of nitrogens with zero attached hydrogens (tertiary/aromatic N) is 1. The lowest BCUT2D eigenvalue weighted by atomic mass is 10.1. The van der Waals surface area contributed by atoms with Crippen molar-refractivity contribution in [2.24, 2.45) is 5.73 Å². The third-order valence-electron chi connectivity index (χ3n) is 2.06. The maximum atomic E-state index is 7.32. The van der Waals surface area contributed by atoms with Gasteiger partial charge in [0, 0.05) is 6.92 Å². The Morgan fingerprint density at radius 3 is 1.64 bits per heavy atom. The quantitative estimate of drug-likeness (QED) is 0.606. The summed E-state index contributed by atoms with van der Waals surface area (Å²) >= 11 is 0. The van der Waals surface area contributed by atoms with Crippen LogP contribution < -0.4 is 5.73 Å². The molecule has 0 saturated heterocycles. The highest BCUT2D eigenvalue weighted by atomic mass is 14.5. The van der Waals surface area contributed by atoms with E-state index in [1.807, 2.05) is 0 Å². The van der Waals surface area contributed by atoms with Gasteiger partial charge in [0.2, 0.25) is 0 Å². The lowest BCUT2D eigenvalue weighted by molar-refractivity contribution is 0.578. The van der Waals surface area contributed by atoms with Crippen LogP contribution in [0.4, 0.5) is 0 Å². The second kappa shape index (κ2) is 18.3. The summed E-state index contributed by atoms with van der Waals surface area (Å²) < 4.78 is 0. The van der Waals surface area contributed by atoms with Gasteiger partial charge in [0.15, 0.2) is 0 Å². The smallest absolute Gasteiger partial charge is 0.0587 e. The Bertz CT molecular complexity index is 108. The van der Waals surface area contributed by atoms with Crippen molar-refractivity contribution < 1.29 is 0 Å². The van der Waals surface area contributed by atoms with E-state index in [1.165, 1.54) is 58.3 Å². The van der Waals surface area contributed by atoms with Crippen LogP contribution in [-0.4, -0.2) is 6.54 Å². The molecule has 84 valence electrons. The predicted molar refractivity (Wildman–Crippen MR) is 63.0 cm³/mol. The zero-order valence-corrected chi connectivity index (χ0v) is 9.89. The van der Waals surface area contributed by atoms with Crippen molar-refractivity contribution in [2.75, 3.05) is 6.54 Å². The molecule has 0 saturated carbocycles. The molecule has 0 rings (SSSR count). The lowest BCUT2D eigenvalue weighted by Gasteiger charge is -1.99. The molecule has 2 nitrogen and oxygen atoms in total. The first kappa shape index (κ1) is 15.9. The SMILES string of the molecule is CC#N.CCCCCCCCCCN. The van der Waals surface area contributed by atoms with Crippen molar-refractivity contribution in [1.29, 1.82) is 5.26 Å². The minimum Gasteiger partial charge on any atom is -0.330 e. The van der Waals surface area contributed by atoms with E-state index in [0.29, 0.717) is 0 Å². The number of hydrogen-bond donors (Lipinski definition) is 1. The van der Waals surface area contributed by atoms with E-state index in [2.05, 4.69) is 6.92 Å². The minimum atomic E-state index is 0.870. The molecule has 0 aliphatic heterocycles. The first-order chi connectivity index (χ1) is 6.83. The molecule has 0 aliphatic rings. The molecule has 0 atom stereocenters. The maximum Gasteiger partial charge on any atom is 0.0587 e. The topological polar surface area (TPSA) is 49.8 Å². The van der Waals surface area contributed by atoms with E-state index in [4.69, 9.17) is 11.0 Å². The van der Waals surface area contributed by atoms with Gasteiger partial charge in [-0.2, -0.15) is 5.26 Å². The molecule has 0 aromatic rings. The molecule has 0 aromatic carbocycles. The van der Waals surface area contributed by atoms with Crippen molar-refractivity contribution in [2.45, 2.75) is 65.2 Å². The summed E-state index contributed by atoms with van der Waals surface area (Å²) in [6, 6.07) is 1.75. The third-order valence-corrected chi connectivity index (χ3v) is 2.06. The average Bonchev–Trinajstić information content (AvgIpc) is 2.18. The van der Waals surface area contributed by atoms with E-state index >= 15 is 0 Å². The molecule has 0 radical (unpaired) electrons. The van der Waals surface area contributed by atoms with Gasteiger partial charge in [-0.1, -0.05) is 51.9 Å². The van der Waals surface area contributed by atoms with Gasteiger partial charge in [0.25, 0.3) is 0 Å². The minimum absolute atomic E-state index is 0.870. The molecular weight excluding hydrogens is 172 g/mol. The molecule has 0 aromatic heterocycles. The van der Waals surface area contributed by atoms with Gasteiger partial charge in [-0.25, -0.2) is 0 Å². The summed E-state index contributed by atoms with van der Waals surface area (Å²) in [4.78, 5) is 0. The van der Waals surface area contributed by atoms with Crippen LogP contribution in [0.5, 0.6) is 0 Å². The molecule has 0 aliphatic carbocycles. The number of hydrogen-bond acceptors (Lipinski definition) is 2. The van der Waals surface area contributed by atoms with Crippen molar-refractivity contribution in [3.63, 3.8) is 0 Å². The van der Waals surface area contributed by atoms with Gasteiger partial charge in [-0.15, -0.1) is 0 Å². The normalized spacial score (nSPS) is 8.71. The third kappa shape index (κ3) is 22.5. The summed E-state index contributed by atoms with van der Waals surface area (Å²) in [6.07, 6.45) is 11.0. The maximum absolute atomic E-state index is 7.32. The van der Waals surface area contributed by atoms with Crippen LogP contribution in [0.1, 0.15) is 65.2 Å². The van der Waals surface area contributed by atoms with Crippen LogP contribution >= 0.6 is 0 Å². The molecule has 0 unspecified atom stereocenters. The Morgan fingerprint density at radius 2 is 1.29 bits per heavy atom. The van der Waals surface area contributed by atoms with Crippen LogP contribution in [0.3, 0.4) is 0 Å². The van der Waals surface area contributed by atoms with Crippen LogP contribution in [-0.2, 0) is 0 Å². The molecule has 2 heteroatoms. The fourth-order valence-electron chi connectivity index (χ4n) is 1.28. The number of nitrogens with two attached hydrogens (primary N) is 1. The summed E-state index contributed by atoms with van der Waals surface area (Å²) in [5.74, 6) is 0. The van der Waals surface area contributed by atoms with E-state index in [1.54, 1.807) is 6.07 Å². The Morgan fingerprint density at radius 1 is 0.929 bits per heavy atom. The molecule has 0 bridgehead atoms. The molecule has 0 heterocycles. The van der Waals surface area contributed by atoms with Crippen LogP contribution in [0.25, 0.3) is 0 Å². The Balaban J connectivity index is 0. The van der Waals surface area contributed by atoms with E-state index in [-0.39, 0.29) is 0 Å². The largest absolute Gasteiger partial charge is 0.330 e. The Kier molecular flexibility index (Phi) is 20.8. The Labute approximate surface area is 89.5 Å². The first-order valence-corrected chi connectivity index (χ1v) is 5.84. The molecular formula is C12H26N2. The van der Waals surface area contributed by atoms with Crippen molar-refractivity contribution >= 4 is 0 Å². The monoisotopic (exact) mass is 198 g/mol. The number of nitriles is 1. The van der Waals surface area contributed by atoms with Crippen molar-refractivity contribution in [1.82, 2.24) is 0 Å². The highest BCUT2D eigenvalue weighted by Gasteiger charge is 1.89. The van der Waals surface area contributed by atoms with Gasteiger partial charge < -0.3 is 5.73 Å². The van der Waals surface area contributed by atoms with E-state index in [9.17, 15) is 0 Å². The van der Waals surface area contributed by atoms with Crippen LogP contribution in [0.2, 0.25) is 0 Å².